The maximum Gasteiger partial charge on any atom is 0.315 e. The molecule has 5 nitrogen and oxygen atoms in total. The van der Waals surface area contributed by atoms with Gasteiger partial charge in [0.25, 0.3) is 0 Å². The van der Waals surface area contributed by atoms with Gasteiger partial charge in [0.1, 0.15) is 5.01 Å². The molecule has 0 bridgehead atoms. The summed E-state index contributed by atoms with van der Waals surface area (Å²) >= 11 is 1.58. The molecule has 2 rings (SSSR count). The lowest BCUT2D eigenvalue weighted by Gasteiger charge is -2.25. The van der Waals surface area contributed by atoms with Crippen LogP contribution < -0.4 is 10.6 Å². The van der Waals surface area contributed by atoms with Crippen LogP contribution in [0.2, 0.25) is 0 Å². The van der Waals surface area contributed by atoms with Crippen LogP contribution in [0.1, 0.15) is 37.3 Å². The number of aliphatic hydroxyl groups is 1. The number of hydrogen-bond donors (Lipinski definition) is 3. The first kappa shape index (κ1) is 18.4. The van der Waals surface area contributed by atoms with E-state index in [0.717, 1.165) is 21.1 Å². The summed E-state index contributed by atoms with van der Waals surface area (Å²) in [5.41, 5.74) is 1.17. The fourth-order valence-corrected chi connectivity index (χ4v) is 3.27. The van der Waals surface area contributed by atoms with E-state index in [-0.39, 0.29) is 12.6 Å². The zero-order valence-electron chi connectivity index (χ0n) is 14.4. The Morgan fingerprint density at radius 2 is 1.88 bits per heavy atom. The van der Waals surface area contributed by atoms with E-state index in [2.05, 4.69) is 15.6 Å². The van der Waals surface area contributed by atoms with Crippen LogP contribution in [0, 0.1) is 6.92 Å². The maximum atomic E-state index is 11.9. The number of nitrogens with one attached hydrogen (secondary N) is 2. The van der Waals surface area contributed by atoms with E-state index in [4.69, 9.17) is 0 Å². The number of carbonyl (C=O) groups is 1. The van der Waals surface area contributed by atoms with Crippen LogP contribution in [0.3, 0.4) is 0 Å². The minimum absolute atomic E-state index is 0.253. The summed E-state index contributed by atoms with van der Waals surface area (Å²) in [4.78, 5) is 17.5. The van der Waals surface area contributed by atoms with Crippen LogP contribution in [0.5, 0.6) is 0 Å². The van der Waals surface area contributed by atoms with Crippen LogP contribution in [0.4, 0.5) is 4.79 Å². The molecular formula is C18H25N3O2S. The topological polar surface area (TPSA) is 74.2 Å². The highest BCUT2D eigenvalue weighted by Gasteiger charge is 2.22. The van der Waals surface area contributed by atoms with Gasteiger partial charge in [-0.2, -0.15) is 0 Å². The number of thiazole rings is 1. The van der Waals surface area contributed by atoms with Crippen molar-refractivity contribution in [1.82, 2.24) is 15.6 Å². The third-order valence-corrected chi connectivity index (χ3v) is 5.42. The summed E-state index contributed by atoms with van der Waals surface area (Å²) in [5.74, 6) is 0. The average molecular weight is 347 g/mol. The smallest absolute Gasteiger partial charge is 0.315 e. The van der Waals surface area contributed by atoms with Gasteiger partial charge in [0, 0.05) is 17.0 Å². The molecule has 0 aliphatic carbocycles. The summed E-state index contributed by atoms with van der Waals surface area (Å²) in [7, 11) is 0. The number of aromatic nitrogens is 1. The Hall–Kier alpha value is -1.92. The highest BCUT2D eigenvalue weighted by Crippen LogP contribution is 2.27. The van der Waals surface area contributed by atoms with Crippen molar-refractivity contribution in [3.63, 3.8) is 0 Å². The Kier molecular flexibility index (Phi) is 6.34. The van der Waals surface area contributed by atoms with Gasteiger partial charge in [-0.3, -0.25) is 0 Å². The van der Waals surface area contributed by atoms with E-state index in [1.807, 2.05) is 51.1 Å². The number of nitrogens with zero attached hydrogens (tertiary/aromatic N) is 1. The summed E-state index contributed by atoms with van der Waals surface area (Å²) in [6.07, 6.45) is 1.22. The molecule has 24 heavy (non-hydrogen) atoms. The quantitative estimate of drug-likeness (QED) is 0.718. The molecule has 0 unspecified atom stereocenters. The third-order valence-electron chi connectivity index (χ3n) is 4.22. The molecule has 0 saturated heterocycles. The van der Waals surface area contributed by atoms with Crippen LogP contribution in [0.25, 0.3) is 10.6 Å². The molecule has 0 radical (unpaired) electrons. The second kappa shape index (κ2) is 8.26. The molecule has 0 aliphatic heterocycles. The molecule has 0 fully saturated rings. The van der Waals surface area contributed by atoms with Crippen molar-refractivity contribution in [3.8, 4) is 10.6 Å². The van der Waals surface area contributed by atoms with Crippen molar-refractivity contribution in [3.05, 3.63) is 40.9 Å². The van der Waals surface area contributed by atoms with Crippen molar-refractivity contribution in [2.24, 2.45) is 0 Å². The first-order valence-electron chi connectivity index (χ1n) is 8.23. The predicted molar refractivity (Wildman–Crippen MR) is 98.1 cm³/mol. The minimum Gasteiger partial charge on any atom is -0.388 e. The molecule has 1 aromatic carbocycles. The average Bonchev–Trinajstić information content (AvgIpc) is 2.99. The van der Waals surface area contributed by atoms with Crippen molar-refractivity contribution in [2.45, 2.75) is 45.8 Å². The molecule has 2 amide bonds. The highest BCUT2D eigenvalue weighted by atomic mass is 32.1. The van der Waals surface area contributed by atoms with Crippen molar-refractivity contribution >= 4 is 17.4 Å². The van der Waals surface area contributed by atoms with Gasteiger partial charge in [-0.1, -0.05) is 44.2 Å². The molecule has 0 atom stereocenters. The second-order valence-electron chi connectivity index (χ2n) is 5.86. The minimum atomic E-state index is -0.835. The van der Waals surface area contributed by atoms with Crippen molar-refractivity contribution < 1.29 is 9.90 Å². The molecule has 3 N–H and O–H groups in total. The molecule has 130 valence electrons. The monoisotopic (exact) mass is 347 g/mol. The molecule has 0 spiro atoms. The number of amides is 2. The predicted octanol–water partition coefficient (Wildman–Crippen LogP) is 3.47. The standard InChI is InChI=1S/C18H25N3O2S/c1-4-18(23,5-2)12-20-17(22)19-11-15-13(3)21-16(24-15)14-9-7-6-8-10-14/h6-10,23H,4-5,11-12H2,1-3H3,(H2,19,20,22). The van der Waals surface area contributed by atoms with Gasteiger partial charge < -0.3 is 15.7 Å². The second-order valence-corrected chi connectivity index (χ2v) is 6.94. The van der Waals surface area contributed by atoms with Crippen molar-refractivity contribution in [2.75, 3.05) is 6.54 Å². The number of benzene rings is 1. The fourth-order valence-electron chi connectivity index (χ4n) is 2.26. The zero-order valence-corrected chi connectivity index (χ0v) is 15.2. The largest absolute Gasteiger partial charge is 0.388 e. The maximum absolute atomic E-state index is 11.9. The third kappa shape index (κ3) is 4.79. The number of carbonyl (C=O) groups excluding carboxylic acids is 1. The molecule has 6 heteroatoms. The van der Waals surface area contributed by atoms with Crippen molar-refractivity contribution in [1.29, 1.82) is 0 Å². The Morgan fingerprint density at radius 1 is 1.21 bits per heavy atom. The van der Waals surface area contributed by atoms with Crippen LogP contribution in [-0.4, -0.2) is 28.3 Å². The van der Waals surface area contributed by atoms with Gasteiger partial charge in [0.05, 0.1) is 17.8 Å². The van der Waals surface area contributed by atoms with E-state index in [1.54, 1.807) is 11.3 Å². The number of rotatable bonds is 7. The first-order valence-corrected chi connectivity index (χ1v) is 9.05. The SMILES string of the molecule is CCC(O)(CC)CNC(=O)NCc1sc(-c2ccccc2)nc1C. The lowest BCUT2D eigenvalue weighted by atomic mass is 9.98. The van der Waals surface area contributed by atoms with Crippen LogP contribution >= 0.6 is 11.3 Å². The van der Waals surface area contributed by atoms with Gasteiger partial charge in [0.2, 0.25) is 0 Å². The number of hydrogen-bond acceptors (Lipinski definition) is 4. The molecule has 1 aromatic heterocycles. The lowest BCUT2D eigenvalue weighted by molar-refractivity contribution is 0.0349. The Bertz CT molecular complexity index is 666. The van der Waals surface area contributed by atoms with E-state index in [9.17, 15) is 9.90 Å². The highest BCUT2D eigenvalue weighted by molar-refractivity contribution is 7.15. The summed E-state index contributed by atoms with van der Waals surface area (Å²) < 4.78 is 0. The molecular weight excluding hydrogens is 322 g/mol. The number of aryl methyl sites for hydroxylation is 1. The van der Waals surface area contributed by atoms with Gasteiger partial charge >= 0.3 is 6.03 Å². The Balaban J connectivity index is 1.91. The van der Waals surface area contributed by atoms with E-state index in [1.165, 1.54) is 0 Å². The summed E-state index contributed by atoms with van der Waals surface area (Å²) in [6.45, 7) is 6.45. The van der Waals surface area contributed by atoms with Gasteiger partial charge in [0.15, 0.2) is 0 Å². The lowest BCUT2D eigenvalue weighted by Crippen LogP contribution is -2.45. The normalized spacial score (nSPS) is 11.3. The Labute approximate surface area is 147 Å². The van der Waals surface area contributed by atoms with Gasteiger partial charge in [-0.15, -0.1) is 11.3 Å². The first-order chi connectivity index (χ1) is 11.5. The van der Waals surface area contributed by atoms with Gasteiger partial charge in [-0.25, -0.2) is 9.78 Å². The van der Waals surface area contributed by atoms with E-state index < -0.39 is 5.60 Å². The number of urea groups is 1. The molecule has 0 aliphatic rings. The molecule has 1 heterocycles. The van der Waals surface area contributed by atoms with Crippen LogP contribution in [0.15, 0.2) is 30.3 Å². The van der Waals surface area contributed by atoms with Crippen LogP contribution in [-0.2, 0) is 6.54 Å². The van der Waals surface area contributed by atoms with Gasteiger partial charge in [-0.05, 0) is 19.8 Å². The summed E-state index contributed by atoms with van der Waals surface area (Å²) in [5, 5.41) is 16.7. The molecule has 0 saturated carbocycles. The summed E-state index contributed by atoms with van der Waals surface area (Å²) in [6, 6.07) is 9.73. The van der Waals surface area contributed by atoms with E-state index >= 15 is 0 Å². The fraction of sp³-hybridized carbons (Fsp3) is 0.444. The zero-order chi connectivity index (χ0) is 17.6. The van der Waals surface area contributed by atoms with E-state index in [0.29, 0.717) is 19.4 Å². The molecule has 2 aromatic rings. The Morgan fingerprint density at radius 3 is 2.50 bits per heavy atom.